The van der Waals surface area contributed by atoms with Gasteiger partial charge < -0.3 is 9.47 Å². The molecule has 4 heteroatoms. The van der Waals surface area contributed by atoms with Crippen molar-refractivity contribution in [2.45, 2.75) is 28.6 Å². The Morgan fingerprint density at radius 3 is 1.96 bits per heavy atom. The first kappa shape index (κ1) is 17.5. The van der Waals surface area contributed by atoms with Crippen molar-refractivity contribution in [3.05, 3.63) is 71.8 Å². The van der Waals surface area contributed by atoms with Crippen LogP contribution in [0, 0.1) is 0 Å². The molecule has 2 heterocycles. The summed E-state index contributed by atoms with van der Waals surface area (Å²) in [5, 5.41) is 0. The molecule has 2 fully saturated rings. The van der Waals surface area contributed by atoms with Gasteiger partial charge in [-0.3, -0.25) is 4.90 Å². The number of hydrogen-bond donors (Lipinski definition) is 0. The Morgan fingerprint density at radius 1 is 0.840 bits per heavy atom. The summed E-state index contributed by atoms with van der Waals surface area (Å²) in [6.45, 7) is 3.19. The van der Waals surface area contributed by atoms with E-state index in [1.54, 1.807) is 0 Å². The van der Waals surface area contributed by atoms with E-state index in [2.05, 4.69) is 88.2 Å². The number of rotatable bonds is 4. The molecule has 0 bridgehead atoms. The van der Waals surface area contributed by atoms with Crippen LogP contribution >= 0.6 is 22.6 Å². The third-order valence-corrected chi connectivity index (χ3v) is 6.32. The number of ether oxygens (including phenoxy) is 2. The molecule has 0 atom stereocenters. The lowest BCUT2D eigenvalue weighted by Crippen LogP contribution is -2.54. The predicted molar refractivity (Wildman–Crippen MR) is 108 cm³/mol. The number of benzene rings is 2. The molecular formula is C21H24INO2. The van der Waals surface area contributed by atoms with Gasteiger partial charge in [0, 0.05) is 0 Å². The smallest absolute Gasteiger partial charge is 0.234 e. The minimum Gasteiger partial charge on any atom is -0.338 e. The SMILES string of the molecule is IC1(CN2CCCCC2(c2ccccc2)c2ccccc2)OCCO1. The zero-order valence-corrected chi connectivity index (χ0v) is 16.5. The Hall–Kier alpha value is -0.950. The van der Waals surface area contributed by atoms with Crippen molar-refractivity contribution in [3.63, 3.8) is 0 Å². The van der Waals surface area contributed by atoms with Gasteiger partial charge in [-0.2, -0.15) is 0 Å². The molecule has 0 amide bonds. The van der Waals surface area contributed by atoms with Crippen LogP contribution in [0.25, 0.3) is 0 Å². The topological polar surface area (TPSA) is 21.7 Å². The van der Waals surface area contributed by atoms with E-state index in [0.29, 0.717) is 13.2 Å². The molecule has 0 unspecified atom stereocenters. The third-order valence-electron chi connectivity index (χ3n) is 5.36. The van der Waals surface area contributed by atoms with Crippen molar-refractivity contribution < 1.29 is 9.47 Å². The Balaban J connectivity index is 1.79. The number of halogens is 1. The van der Waals surface area contributed by atoms with E-state index in [4.69, 9.17) is 9.47 Å². The van der Waals surface area contributed by atoms with Crippen molar-refractivity contribution in [1.29, 1.82) is 0 Å². The lowest BCUT2D eigenvalue weighted by molar-refractivity contribution is -0.0988. The number of alkyl halides is 1. The molecule has 132 valence electrons. The molecule has 25 heavy (non-hydrogen) atoms. The fourth-order valence-electron chi connectivity index (χ4n) is 4.24. The van der Waals surface area contributed by atoms with Gasteiger partial charge in [0.1, 0.15) is 0 Å². The van der Waals surface area contributed by atoms with Crippen LogP contribution in [-0.4, -0.2) is 35.0 Å². The van der Waals surface area contributed by atoms with E-state index in [-0.39, 0.29) is 5.54 Å². The quantitative estimate of drug-likeness (QED) is 0.505. The molecule has 0 aromatic heterocycles. The van der Waals surface area contributed by atoms with Crippen LogP contribution in [0.2, 0.25) is 0 Å². The second kappa shape index (κ2) is 7.35. The molecule has 0 saturated carbocycles. The summed E-state index contributed by atoms with van der Waals surface area (Å²) in [5.41, 5.74) is 2.60. The van der Waals surface area contributed by atoms with Gasteiger partial charge in [-0.1, -0.05) is 60.7 Å². The highest BCUT2D eigenvalue weighted by molar-refractivity contribution is 14.1. The Bertz CT molecular complexity index is 646. The maximum absolute atomic E-state index is 5.93. The van der Waals surface area contributed by atoms with Crippen LogP contribution in [-0.2, 0) is 15.0 Å². The first-order chi connectivity index (χ1) is 12.2. The lowest BCUT2D eigenvalue weighted by atomic mass is 9.75. The van der Waals surface area contributed by atoms with Gasteiger partial charge in [0.15, 0.2) is 0 Å². The summed E-state index contributed by atoms with van der Waals surface area (Å²) in [6, 6.07) is 21.8. The van der Waals surface area contributed by atoms with Gasteiger partial charge in [0.25, 0.3) is 0 Å². The van der Waals surface area contributed by atoms with Crippen molar-refractivity contribution in [2.24, 2.45) is 0 Å². The zero-order valence-electron chi connectivity index (χ0n) is 14.4. The third kappa shape index (κ3) is 3.37. The van der Waals surface area contributed by atoms with Crippen LogP contribution in [0.4, 0.5) is 0 Å². The van der Waals surface area contributed by atoms with Crippen LogP contribution < -0.4 is 0 Å². The molecule has 2 aromatic carbocycles. The number of likely N-dealkylation sites (tertiary alicyclic amines) is 1. The first-order valence-corrected chi connectivity index (χ1v) is 10.1. The molecule has 4 rings (SSSR count). The maximum atomic E-state index is 5.93. The van der Waals surface area contributed by atoms with E-state index in [0.717, 1.165) is 19.5 Å². The molecule has 2 aromatic rings. The van der Waals surface area contributed by atoms with Gasteiger partial charge >= 0.3 is 0 Å². The highest BCUT2D eigenvalue weighted by Crippen LogP contribution is 2.45. The summed E-state index contributed by atoms with van der Waals surface area (Å²) in [5.74, 6) is 0. The Kier molecular flexibility index (Phi) is 5.13. The molecule has 3 nitrogen and oxygen atoms in total. The molecule has 2 aliphatic heterocycles. The Labute approximate surface area is 163 Å². The predicted octanol–water partition coefficient (Wildman–Crippen LogP) is 4.55. The van der Waals surface area contributed by atoms with E-state index in [9.17, 15) is 0 Å². The normalized spacial score (nSPS) is 22.8. The van der Waals surface area contributed by atoms with Crippen molar-refractivity contribution >= 4 is 22.6 Å². The number of nitrogens with zero attached hydrogens (tertiary/aromatic N) is 1. The van der Waals surface area contributed by atoms with Gasteiger partial charge in [-0.15, -0.1) is 0 Å². The standard InChI is InChI=1S/C21H24INO2/c22-21(24-15-16-25-21)17-23-14-8-7-13-20(23,18-9-3-1-4-10-18)19-11-5-2-6-12-19/h1-6,9-12H,7-8,13-17H2. The van der Waals surface area contributed by atoms with Crippen molar-refractivity contribution in [2.75, 3.05) is 26.3 Å². The fraction of sp³-hybridized carbons (Fsp3) is 0.429. The molecular weight excluding hydrogens is 425 g/mol. The molecule has 2 saturated heterocycles. The van der Waals surface area contributed by atoms with Gasteiger partial charge in [0.05, 0.1) is 25.3 Å². The van der Waals surface area contributed by atoms with E-state index in [1.165, 1.54) is 24.0 Å². The minimum absolute atomic E-state index is 0.117. The second-order valence-electron chi connectivity index (χ2n) is 6.83. The molecule has 0 N–H and O–H groups in total. The minimum atomic E-state index is -0.538. The molecule has 2 aliphatic rings. The monoisotopic (exact) mass is 449 g/mol. The zero-order chi connectivity index (χ0) is 17.2. The summed E-state index contributed by atoms with van der Waals surface area (Å²) < 4.78 is 11.3. The largest absolute Gasteiger partial charge is 0.338 e. The first-order valence-electron chi connectivity index (χ1n) is 9.06. The molecule has 0 spiro atoms. The average Bonchev–Trinajstić information content (AvgIpc) is 3.10. The highest BCUT2D eigenvalue weighted by Gasteiger charge is 2.46. The highest BCUT2D eigenvalue weighted by atomic mass is 127. The lowest BCUT2D eigenvalue weighted by Gasteiger charge is -2.49. The van der Waals surface area contributed by atoms with Gasteiger partial charge in [0.2, 0.25) is 3.79 Å². The van der Waals surface area contributed by atoms with Crippen LogP contribution in [0.15, 0.2) is 60.7 Å². The van der Waals surface area contributed by atoms with Gasteiger partial charge in [-0.05, 0) is 59.5 Å². The number of hydrogen-bond acceptors (Lipinski definition) is 3. The van der Waals surface area contributed by atoms with Crippen molar-refractivity contribution in [3.8, 4) is 0 Å². The van der Waals surface area contributed by atoms with Gasteiger partial charge in [-0.25, -0.2) is 0 Å². The Morgan fingerprint density at radius 2 is 1.40 bits per heavy atom. The maximum Gasteiger partial charge on any atom is 0.234 e. The average molecular weight is 449 g/mol. The summed E-state index contributed by atoms with van der Waals surface area (Å²) >= 11 is 2.34. The number of piperidine rings is 1. The van der Waals surface area contributed by atoms with E-state index >= 15 is 0 Å². The second-order valence-corrected chi connectivity index (χ2v) is 8.47. The fourth-order valence-corrected chi connectivity index (χ4v) is 5.10. The summed E-state index contributed by atoms with van der Waals surface area (Å²) in [6.07, 6.45) is 3.57. The van der Waals surface area contributed by atoms with Crippen LogP contribution in [0.5, 0.6) is 0 Å². The van der Waals surface area contributed by atoms with Crippen LogP contribution in [0.1, 0.15) is 30.4 Å². The van der Waals surface area contributed by atoms with E-state index < -0.39 is 3.79 Å². The van der Waals surface area contributed by atoms with E-state index in [1.807, 2.05) is 0 Å². The summed E-state index contributed by atoms with van der Waals surface area (Å²) in [4.78, 5) is 2.58. The molecule has 0 radical (unpaired) electrons. The summed E-state index contributed by atoms with van der Waals surface area (Å²) in [7, 11) is 0. The molecule has 0 aliphatic carbocycles. The van der Waals surface area contributed by atoms with Crippen LogP contribution in [0.3, 0.4) is 0 Å². The van der Waals surface area contributed by atoms with Crippen molar-refractivity contribution in [1.82, 2.24) is 4.90 Å².